The molecule has 0 fully saturated rings. The third kappa shape index (κ3) is 1.91. The normalized spacial score (nSPS) is 10.7. The number of fused-ring (bicyclic) bond motifs is 1. The molecule has 88 valence electrons. The van der Waals surface area contributed by atoms with E-state index < -0.39 is 5.63 Å². The number of phenols is 1. The van der Waals surface area contributed by atoms with Gasteiger partial charge in [-0.15, -0.1) is 11.6 Å². The lowest BCUT2D eigenvalue weighted by atomic mass is 10.0. The fraction of sp³-hybridized carbons (Fsp3) is 0.167. The summed E-state index contributed by atoms with van der Waals surface area (Å²) < 4.78 is 4.98. The topological polar surface area (TPSA) is 67.5 Å². The van der Waals surface area contributed by atoms with Crippen LogP contribution in [-0.2, 0) is 5.88 Å². The molecule has 2 rings (SSSR count). The summed E-state index contributed by atoms with van der Waals surface area (Å²) in [5, 5.41) is 10.2. The number of carbonyl (C=O) groups is 1. The van der Waals surface area contributed by atoms with E-state index in [1.807, 2.05) is 0 Å². The summed E-state index contributed by atoms with van der Waals surface area (Å²) >= 11 is 5.72. The Hall–Kier alpha value is -1.81. The van der Waals surface area contributed by atoms with E-state index in [2.05, 4.69) is 0 Å². The van der Waals surface area contributed by atoms with Gasteiger partial charge in [-0.25, -0.2) is 4.79 Å². The van der Waals surface area contributed by atoms with Crippen LogP contribution in [0.2, 0.25) is 0 Å². The van der Waals surface area contributed by atoms with Gasteiger partial charge in [-0.2, -0.15) is 0 Å². The summed E-state index contributed by atoms with van der Waals surface area (Å²) in [4.78, 5) is 22.8. The Morgan fingerprint density at radius 2 is 2.18 bits per heavy atom. The first-order valence-electron chi connectivity index (χ1n) is 4.90. The minimum Gasteiger partial charge on any atom is -0.507 e. The van der Waals surface area contributed by atoms with Crippen molar-refractivity contribution in [2.24, 2.45) is 0 Å². The molecule has 0 amide bonds. The molecule has 0 unspecified atom stereocenters. The smallest absolute Gasteiger partial charge is 0.336 e. The fourth-order valence-electron chi connectivity index (χ4n) is 1.73. The lowest BCUT2D eigenvalue weighted by Gasteiger charge is -2.06. The summed E-state index contributed by atoms with van der Waals surface area (Å²) in [6.07, 6.45) is 0. The van der Waals surface area contributed by atoms with E-state index in [1.54, 1.807) is 6.07 Å². The van der Waals surface area contributed by atoms with Crippen LogP contribution in [0.3, 0.4) is 0 Å². The maximum Gasteiger partial charge on any atom is 0.336 e. The van der Waals surface area contributed by atoms with Gasteiger partial charge in [0, 0.05) is 17.3 Å². The first-order valence-corrected chi connectivity index (χ1v) is 5.43. The molecule has 0 atom stereocenters. The van der Waals surface area contributed by atoms with Gasteiger partial charge in [-0.1, -0.05) is 0 Å². The average molecular weight is 253 g/mol. The molecule has 0 saturated carbocycles. The molecule has 5 heteroatoms. The van der Waals surface area contributed by atoms with Gasteiger partial charge in [0.05, 0.1) is 0 Å². The number of Topliss-reactive ketones (excluding diaryl/α,β-unsaturated/α-hetero) is 1. The molecule has 0 aliphatic rings. The number of aromatic hydroxyl groups is 1. The Morgan fingerprint density at radius 3 is 2.76 bits per heavy atom. The minimum atomic E-state index is -0.596. The van der Waals surface area contributed by atoms with E-state index in [-0.39, 0.29) is 28.6 Å². The Labute approximate surface area is 101 Å². The molecular weight excluding hydrogens is 244 g/mol. The van der Waals surface area contributed by atoms with Crippen LogP contribution in [0.4, 0.5) is 0 Å². The SMILES string of the molecule is CC(=O)c1c(O)ccc2c(CCl)cc(=O)oc12. The second-order valence-electron chi connectivity index (χ2n) is 3.62. The number of rotatable bonds is 2. The number of ketones is 1. The van der Waals surface area contributed by atoms with Crippen molar-refractivity contribution >= 4 is 28.4 Å². The average Bonchev–Trinajstić information content (AvgIpc) is 2.26. The monoisotopic (exact) mass is 252 g/mol. The third-order valence-corrected chi connectivity index (χ3v) is 2.76. The van der Waals surface area contributed by atoms with E-state index in [1.165, 1.54) is 19.1 Å². The van der Waals surface area contributed by atoms with Crippen molar-refractivity contribution in [3.05, 3.63) is 39.7 Å². The Bertz CT molecular complexity index is 657. The second-order valence-corrected chi connectivity index (χ2v) is 3.88. The van der Waals surface area contributed by atoms with Crippen LogP contribution in [0.5, 0.6) is 5.75 Å². The first kappa shape index (κ1) is 11.7. The van der Waals surface area contributed by atoms with Crippen LogP contribution in [0, 0.1) is 0 Å². The molecule has 2 aromatic rings. The zero-order valence-corrected chi connectivity index (χ0v) is 9.75. The predicted octanol–water partition coefficient (Wildman–Crippen LogP) is 2.44. The van der Waals surface area contributed by atoms with Crippen molar-refractivity contribution in [3.8, 4) is 5.75 Å². The van der Waals surface area contributed by atoms with Crippen molar-refractivity contribution in [1.29, 1.82) is 0 Å². The molecule has 17 heavy (non-hydrogen) atoms. The zero-order chi connectivity index (χ0) is 12.6. The molecule has 1 aromatic carbocycles. The fourth-order valence-corrected chi connectivity index (χ4v) is 1.95. The van der Waals surface area contributed by atoms with Gasteiger partial charge in [-0.3, -0.25) is 4.79 Å². The highest BCUT2D eigenvalue weighted by atomic mass is 35.5. The first-order chi connectivity index (χ1) is 8.04. The van der Waals surface area contributed by atoms with Gasteiger partial charge < -0.3 is 9.52 Å². The van der Waals surface area contributed by atoms with Crippen LogP contribution in [0.1, 0.15) is 22.8 Å². The molecule has 0 aliphatic heterocycles. The molecule has 0 saturated heterocycles. The van der Waals surface area contributed by atoms with Gasteiger partial charge >= 0.3 is 5.63 Å². The molecule has 1 N–H and O–H groups in total. The number of hydrogen-bond donors (Lipinski definition) is 1. The maximum atomic E-state index is 11.4. The number of benzene rings is 1. The van der Waals surface area contributed by atoms with Crippen molar-refractivity contribution in [2.75, 3.05) is 0 Å². The maximum absolute atomic E-state index is 11.4. The highest BCUT2D eigenvalue weighted by Gasteiger charge is 2.16. The van der Waals surface area contributed by atoms with Gasteiger partial charge in [0.25, 0.3) is 0 Å². The van der Waals surface area contributed by atoms with Gasteiger partial charge in [0.1, 0.15) is 11.3 Å². The van der Waals surface area contributed by atoms with Crippen molar-refractivity contribution in [2.45, 2.75) is 12.8 Å². The number of carbonyl (C=O) groups excluding carboxylic acids is 1. The molecule has 0 radical (unpaired) electrons. The Kier molecular flexibility index (Phi) is 2.90. The number of hydrogen-bond acceptors (Lipinski definition) is 4. The van der Waals surface area contributed by atoms with E-state index in [0.717, 1.165) is 0 Å². The quantitative estimate of drug-likeness (QED) is 0.506. The Morgan fingerprint density at radius 1 is 1.47 bits per heavy atom. The molecule has 0 aliphatic carbocycles. The van der Waals surface area contributed by atoms with Crippen LogP contribution in [0.25, 0.3) is 11.0 Å². The van der Waals surface area contributed by atoms with Gasteiger partial charge in [-0.05, 0) is 24.6 Å². The molecule has 0 spiro atoms. The summed E-state index contributed by atoms with van der Waals surface area (Å²) in [7, 11) is 0. The summed E-state index contributed by atoms with van der Waals surface area (Å²) in [6, 6.07) is 4.23. The third-order valence-electron chi connectivity index (χ3n) is 2.47. The summed E-state index contributed by atoms with van der Waals surface area (Å²) in [6.45, 7) is 1.29. The van der Waals surface area contributed by atoms with Crippen molar-refractivity contribution in [1.82, 2.24) is 0 Å². The molecule has 1 heterocycles. The minimum absolute atomic E-state index is 0.00608. The zero-order valence-electron chi connectivity index (χ0n) is 8.99. The highest BCUT2D eigenvalue weighted by Crippen LogP contribution is 2.29. The van der Waals surface area contributed by atoms with Crippen molar-refractivity contribution < 1.29 is 14.3 Å². The van der Waals surface area contributed by atoms with Gasteiger partial charge in [0.15, 0.2) is 11.4 Å². The van der Waals surface area contributed by atoms with Crippen LogP contribution in [-0.4, -0.2) is 10.9 Å². The van der Waals surface area contributed by atoms with E-state index >= 15 is 0 Å². The molecule has 4 nitrogen and oxygen atoms in total. The molecular formula is C12H9ClO4. The highest BCUT2D eigenvalue weighted by molar-refractivity contribution is 6.18. The van der Waals surface area contributed by atoms with Gasteiger partial charge in [0.2, 0.25) is 0 Å². The lowest BCUT2D eigenvalue weighted by Crippen LogP contribution is -2.03. The lowest BCUT2D eigenvalue weighted by molar-refractivity contribution is 0.101. The molecule has 1 aromatic heterocycles. The Balaban J connectivity index is 2.99. The van der Waals surface area contributed by atoms with E-state index in [0.29, 0.717) is 10.9 Å². The molecule has 0 bridgehead atoms. The second kappa shape index (κ2) is 4.22. The van der Waals surface area contributed by atoms with Crippen LogP contribution in [0.15, 0.2) is 27.4 Å². The standard InChI is InChI=1S/C12H9ClO4/c1-6(14)11-9(15)3-2-8-7(5-13)4-10(16)17-12(8)11/h2-4,15H,5H2,1H3. The summed E-state index contributed by atoms with van der Waals surface area (Å²) in [5.74, 6) is -0.452. The number of phenolic OH excluding ortho intramolecular Hbond substituents is 1. The summed E-state index contributed by atoms with van der Waals surface area (Å²) in [5.41, 5.74) is 0.0638. The van der Waals surface area contributed by atoms with E-state index in [9.17, 15) is 14.7 Å². The van der Waals surface area contributed by atoms with Crippen LogP contribution < -0.4 is 5.63 Å². The number of halogens is 1. The van der Waals surface area contributed by atoms with Crippen LogP contribution >= 0.6 is 11.6 Å². The van der Waals surface area contributed by atoms with E-state index in [4.69, 9.17) is 16.0 Å². The predicted molar refractivity (Wildman–Crippen MR) is 63.7 cm³/mol. The largest absolute Gasteiger partial charge is 0.507 e. The number of alkyl halides is 1. The van der Waals surface area contributed by atoms with Crippen molar-refractivity contribution in [3.63, 3.8) is 0 Å².